The van der Waals surface area contributed by atoms with E-state index >= 15 is 0 Å². The molecule has 0 bridgehead atoms. The maximum atomic E-state index is 12.0. The van der Waals surface area contributed by atoms with E-state index in [1.54, 1.807) is 6.92 Å². The highest BCUT2D eigenvalue weighted by Gasteiger charge is 2.29. The maximum Gasteiger partial charge on any atom is 0.412 e. The second-order valence-electron chi connectivity index (χ2n) is 14.4. The number of ether oxygens (including phenoxy) is 1. The Balaban J connectivity index is 0. The van der Waals surface area contributed by atoms with Crippen molar-refractivity contribution >= 4 is 22.8 Å². The number of aliphatic imine (C=N–C) groups is 1. The molecule has 0 saturated carbocycles. The number of allylic oxidation sites excluding steroid dienone is 11. The summed E-state index contributed by atoms with van der Waals surface area (Å²) in [7, 11) is 1.99. The lowest BCUT2D eigenvalue weighted by Crippen LogP contribution is -2.08. The molecule has 59 heavy (non-hydrogen) atoms. The molecule has 0 radical (unpaired) electrons. The third-order valence-corrected chi connectivity index (χ3v) is 8.90. The zero-order valence-electron chi connectivity index (χ0n) is 39.2. The third-order valence-electron chi connectivity index (χ3n) is 8.90. The number of nitrogens with one attached hydrogen (secondary N) is 2. The molecule has 0 fully saturated rings. The molecule has 0 aliphatic carbocycles. The van der Waals surface area contributed by atoms with Gasteiger partial charge in [-0.2, -0.15) is 13.2 Å². The van der Waals surface area contributed by atoms with Crippen molar-refractivity contribution in [1.29, 1.82) is 0 Å². The number of H-pyrrole nitrogens is 1. The van der Waals surface area contributed by atoms with Crippen molar-refractivity contribution in [2.45, 2.75) is 172 Å². The van der Waals surface area contributed by atoms with Crippen LogP contribution in [-0.2, 0) is 11.2 Å². The van der Waals surface area contributed by atoms with E-state index in [-0.39, 0.29) is 0 Å². The van der Waals surface area contributed by atoms with Crippen molar-refractivity contribution < 1.29 is 17.9 Å². The lowest BCUT2D eigenvalue weighted by atomic mass is 9.90. The van der Waals surface area contributed by atoms with E-state index in [0.717, 1.165) is 89.7 Å². The van der Waals surface area contributed by atoms with Gasteiger partial charge in [0.05, 0.1) is 0 Å². The fraction of sp³-hybridized carbons (Fsp3) is 0.558. The van der Waals surface area contributed by atoms with E-state index in [2.05, 4.69) is 125 Å². The van der Waals surface area contributed by atoms with Crippen LogP contribution >= 0.6 is 0 Å². The number of aromatic nitrogens is 1. The number of aryl methyl sites for hydroxylation is 1. The first-order valence-electron chi connectivity index (χ1n) is 22.3. The van der Waals surface area contributed by atoms with Gasteiger partial charge >= 0.3 is 6.18 Å². The lowest BCUT2D eigenvalue weighted by Gasteiger charge is -2.16. The molecule has 1 unspecified atom stereocenters. The van der Waals surface area contributed by atoms with Crippen molar-refractivity contribution in [1.82, 2.24) is 4.98 Å². The Kier molecular flexibility index (Phi) is 35.8. The average Bonchev–Trinajstić information content (AvgIpc) is 3.57. The molecule has 0 amide bonds. The van der Waals surface area contributed by atoms with Crippen LogP contribution in [0.5, 0.6) is 0 Å². The molecule has 1 aromatic heterocycles. The number of hydrogen-bond acceptors (Lipinski definition) is 3. The van der Waals surface area contributed by atoms with Gasteiger partial charge in [0.1, 0.15) is 0 Å². The van der Waals surface area contributed by atoms with Gasteiger partial charge in [0, 0.05) is 72.4 Å². The maximum absolute atomic E-state index is 12.0. The molecule has 7 heteroatoms. The highest BCUT2D eigenvalue weighted by molar-refractivity contribution is 5.88. The number of unbranched alkanes of at least 4 members (excludes halogenated alkanes) is 3. The van der Waals surface area contributed by atoms with E-state index in [1.165, 1.54) is 70.9 Å². The predicted molar refractivity (Wildman–Crippen MR) is 257 cm³/mol. The van der Waals surface area contributed by atoms with E-state index in [0.29, 0.717) is 5.92 Å². The molecule has 1 aromatic carbocycles. The third kappa shape index (κ3) is 28.2. The van der Waals surface area contributed by atoms with Crippen LogP contribution in [0.25, 0.3) is 10.9 Å². The highest BCUT2D eigenvalue weighted by atomic mass is 19.4. The monoisotopic (exact) mass is 822 g/mol. The Morgan fingerprint density at radius 2 is 1.61 bits per heavy atom. The smallest absolute Gasteiger partial charge is 0.388 e. The Morgan fingerprint density at radius 1 is 0.915 bits per heavy atom. The van der Waals surface area contributed by atoms with E-state index < -0.39 is 11.7 Å². The number of rotatable bonds is 21. The summed E-state index contributed by atoms with van der Waals surface area (Å²) < 4.78 is 41.1. The predicted octanol–water partition coefficient (Wildman–Crippen LogP) is 16.8. The van der Waals surface area contributed by atoms with Gasteiger partial charge in [-0.1, -0.05) is 142 Å². The van der Waals surface area contributed by atoms with Gasteiger partial charge in [-0.25, -0.2) is 0 Å². The summed E-state index contributed by atoms with van der Waals surface area (Å²) in [4.78, 5) is 7.61. The summed E-state index contributed by atoms with van der Waals surface area (Å²) in [5, 5.41) is 4.67. The molecule has 2 aromatic rings. The highest BCUT2D eigenvalue weighted by Crippen LogP contribution is 2.35. The molecule has 0 saturated heterocycles. The topological polar surface area (TPSA) is 49.4 Å². The average molecular weight is 822 g/mol. The van der Waals surface area contributed by atoms with Gasteiger partial charge in [-0.05, 0) is 107 Å². The zero-order valence-corrected chi connectivity index (χ0v) is 39.2. The Morgan fingerprint density at radius 3 is 2.15 bits per heavy atom. The molecule has 4 nitrogen and oxygen atoms in total. The van der Waals surface area contributed by atoms with Crippen LogP contribution in [0, 0.1) is 11.8 Å². The van der Waals surface area contributed by atoms with E-state index in [1.807, 2.05) is 33.0 Å². The Bertz CT molecular complexity index is 1640. The molecule has 1 heterocycles. The number of nitrogens with zero attached hydrogens (tertiary/aromatic N) is 1. The summed E-state index contributed by atoms with van der Waals surface area (Å²) in [6.45, 7) is 28.2. The first-order valence-corrected chi connectivity index (χ1v) is 22.3. The number of alkyl halides is 3. The van der Waals surface area contributed by atoms with Crippen LogP contribution in [0.2, 0.25) is 0 Å². The van der Waals surface area contributed by atoms with E-state index in [4.69, 9.17) is 4.74 Å². The minimum Gasteiger partial charge on any atom is -0.388 e. The fourth-order valence-electron chi connectivity index (χ4n) is 5.54. The molecular weight excluding hydrogens is 740 g/mol. The normalized spacial score (nSPS) is 12.7. The molecule has 2 rings (SSSR count). The van der Waals surface area contributed by atoms with Gasteiger partial charge in [0.2, 0.25) is 0 Å². The minimum absolute atomic E-state index is 0.337. The molecule has 1 atom stereocenters. The van der Waals surface area contributed by atoms with Crippen LogP contribution < -0.4 is 5.32 Å². The summed E-state index contributed by atoms with van der Waals surface area (Å²) in [5.41, 5.74) is 7.97. The molecule has 0 aliphatic rings. The minimum atomic E-state index is -4.26. The summed E-state index contributed by atoms with van der Waals surface area (Å²) >= 11 is 0. The van der Waals surface area contributed by atoms with Crippen LogP contribution in [-0.4, -0.2) is 37.6 Å². The quantitative estimate of drug-likeness (QED) is 0.0570. The number of halogens is 3. The zero-order chi connectivity index (χ0) is 44.9. The Labute approximate surface area is 359 Å². The molecule has 0 spiro atoms. The van der Waals surface area contributed by atoms with Gasteiger partial charge in [0.15, 0.2) is 0 Å². The van der Waals surface area contributed by atoms with Gasteiger partial charge < -0.3 is 15.0 Å². The first kappa shape index (κ1) is 57.1. The van der Waals surface area contributed by atoms with Crippen LogP contribution in [0.1, 0.15) is 170 Å². The summed E-state index contributed by atoms with van der Waals surface area (Å²) in [6.07, 6.45) is 25.2. The molecule has 2 N–H and O–H groups in total. The van der Waals surface area contributed by atoms with Crippen LogP contribution in [0.15, 0.2) is 94.7 Å². The summed E-state index contributed by atoms with van der Waals surface area (Å²) in [5.74, 6) is 6.19. The number of anilines is 1. The molecule has 332 valence electrons. The first-order chi connectivity index (χ1) is 28.3. The lowest BCUT2D eigenvalue weighted by molar-refractivity contribution is -0.0911. The van der Waals surface area contributed by atoms with Crippen molar-refractivity contribution in [2.24, 2.45) is 4.99 Å². The van der Waals surface area contributed by atoms with Crippen molar-refractivity contribution in [3.8, 4) is 11.8 Å². The molecule has 0 aliphatic heterocycles. The number of hydrogen-bond donors (Lipinski definition) is 2. The number of fused-ring (bicyclic) bond motifs is 1. The number of benzene rings is 1. The largest absolute Gasteiger partial charge is 0.412 e. The second kappa shape index (κ2) is 37.0. The second-order valence-corrected chi connectivity index (χ2v) is 14.4. The van der Waals surface area contributed by atoms with Crippen molar-refractivity contribution in [3.63, 3.8) is 0 Å². The van der Waals surface area contributed by atoms with Crippen molar-refractivity contribution in [3.05, 3.63) is 101 Å². The fourth-order valence-corrected chi connectivity index (χ4v) is 5.54. The van der Waals surface area contributed by atoms with Crippen LogP contribution in [0.3, 0.4) is 0 Å². The van der Waals surface area contributed by atoms with E-state index in [9.17, 15) is 13.2 Å². The van der Waals surface area contributed by atoms with Crippen molar-refractivity contribution in [2.75, 3.05) is 25.6 Å². The van der Waals surface area contributed by atoms with Gasteiger partial charge in [0.25, 0.3) is 0 Å². The summed E-state index contributed by atoms with van der Waals surface area (Å²) in [6, 6.07) is 6.68. The SMILES string of the molecule is C=C(/C=C\C(=C/CCC)C(C)c1[nH]c2ccc(NC)cc2c1CCCCC)CCC.CC/C=C(C)/N=C/C=C(\C)C(F)(F)F.CCC#C/C=C/CC.CCCOCCC. The standard InChI is InChI=1S/C28H42N2.C10H14F3N.C8H12.C6H14O/c1-7-10-12-15-25-26-20-24(29-6)18-19-27(26)30-28(25)22(5)23(14-11-8-2)17-16-21(4)13-9-3;1-4-5-9(3)14-7-6-8(2)10(11,12)13;1-3-5-7-8-6-4-2;1-3-5-7-6-4-2/h14,16-20,22,29-30H,4,7-13,15H2,1-3,5-6H3;5-7H,4H2,1-3H3;5,7H,3-4H2,1-2H3;3-6H2,1-2H3/b17-16-,23-14+;8-6+,9-5+,14-7+;7-5+;. The van der Waals surface area contributed by atoms with Gasteiger partial charge in [-0.3, -0.25) is 4.99 Å². The number of aromatic amines is 1. The van der Waals surface area contributed by atoms with Crippen LogP contribution in [0.4, 0.5) is 18.9 Å². The molecular formula is C52H82F3N3O. The Hall–Kier alpha value is -4.02. The van der Waals surface area contributed by atoms with Gasteiger partial charge in [-0.15, -0.1) is 0 Å².